The van der Waals surface area contributed by atoms with Crippen LogP contribution in [-0.2, 0) is 4.74 Å². The van der Waals surface area contributed by atoms with Crippen molar-refractivity contribution in [3.63, 3.8) is 0 Å². The number of hydrogen-bond acceptors (Lipinski definition) is 4. The molecule has 6 nitrogen and oxygen atoms in total. The van der Waals surface area contributed by atoms with Crippen LogP contribution in [0.4, 0.5) is 13.2 Å². The highest BCUT2D eigenvalue weighted by Crippen LogP contribution is 2.15. The van der Waals surface area contributed by atoms with E-state index in [9.17, 15) is 13.2 Å². The molecule has 0 aromatic rings. The number of halogens is 3. The van der Waals surface area contributed by atoms with Gasteiger partial charge in [0.15, 0.2) is 5.96 Å². The molecule has 1 fully saturated rings. The van der Waals surface area contributed by atoms with Gasteiger partial charge in [-0.3, -0.25) is 14.8 Å². The van der Waals surface area contributed by atoms with Crippen molar-refractivity contribution in [1.82, 2.24) is 20.4 Å². The zero-order valence-corrected chi connectivity index (χ0v) is 16.4. The van der Waals surface area contributed by atoms with E-state index in [0.29, 0.717) is 37.4 Å². The Bertz CT molecular complexity index is 412. The van der Waals surface area contributed by atoms with Crippen LogP contribution < -0.4 is 10.6 Å². The molecule has 0 spiro atoms. The maximum absolute atomic E-state index is 12.3. The van der Waals surface area contributed by atoms with Crippen LogP contribution in [0, 0.1) is 5.92 Å². The van der Waals surface area contributed by atoms with Gasteiger partial charge in [-0.05, 0) is 25.9 Å². The molecule has 0 aromatic heterocycles. The van der Waals surface area contributed by atoms with Gasteiger partial charge in [0, 0.05) is 39.3 Å². The Labute approximate surface area is 155 Å². The lowest BCUT2D eigenvalue weighted by molar-refractivity contribution is -0.143. The quantitative estimate of drug-likeness (QED) is 0.359. The Hall–Kier alpha value is -1.06. The molecule has 1 aliphatic rings. The van der Waals surface area contributed by atoms with Crippen molar-refractivity contribution < 1.29 is 17.9 Å². The van der Waals surface area contributed by atoms with Crippen LogP contribution in [0.3, 0.4) is 0 Å². The second-order valence-corrected chi connectivity index (χ2v) is 7.05. The third-order valence-electron chi connectivity index (χ3n) is 4.44. The third kappa shape index (κ3) is 9.59. The minimum atomic E-state index is -4.15. The van der Waals surface area contributed by atoms with Crippen molar-refractivity contribution in [2.45, 2.75) is 32.5 Å². The van der Waals surface area contributed by atoms with Crippen LogP contribution >= 0.6 is 0 Å². The molecule has 0 bridgehead atoms. The molecule has 1 atom stereocenters. The molecule has 0 saturated carbocycles. The normalized spacial score (nSPS) is 18.4. The summed E-state index contributed by atoms with van der Waals surface area (Å²) in [6.45, 7) is 8.65. The number of morpholine rings is 1. The summed E-state index contributed by atoms with van der Waals surface area (Å²) >= 11 is 0. The number of aliphatic imine (C=N–C) groups is 1. The van der Waals surface area contributed by atoms with E-state index in [0.717, 1.165) is 32.8 Å². The zero-order chi connectivity index (χ0) is 19.6. The van der Waals surface area contributed by atoms with Gasteiger partial charge in [0.1, 0.15) is 0 Å². The van der Waals surface area contributed by atoms with Gasteiger partial charge in [-0.25, -0.2) is 0 Å². The Morgan fingerprint density at radius 3 is 2.42 bits per heavy atom. The average molecular weight is 381 g/mol. The smallest absolute Gasteiger partial charge is 0.379 e. The highest BCUT2D eigenvalue weighted by molar-refractivity contribution is 5.79. The van der Waals surface area contributed by atoms with E-state index in [2.05, 4.69) is 34.4 Å². The fourth-order valence-corrected chi connectivity index (χ4v) is 3.06. The van der Waals surface area contributed by atoms with E-state index in [1.54, 1.807) is 7.05 Å². The van der Waals surface area contributed by atoms with Crippen molar-refractivity contribution in [2.24, 2.45) is 10.9 Å². The molecule has 1 aliphatic heterocycles. The number of rotatable bonds is 9. The molecule has 0 amide bonds. The van der Waals surface area contributed by atoms with Crippen LogP contribution in [0.25, 0.3) is 0 Å². The second kappa shape index (κ2) is 11.6. The summed E-state index contributed by atoms with van der Waals surface area (Å²) < 4.78 is 42.3. The van der Waals surface area contributed by atoms with Crippen LogP contribution in [-0.4, -0.2) is 94.6 Å². The van der Waals surface area contributed by atoms with Crippen molar-refractivity contribution >= 4 is 5.96 Å². The third-order valence-corrected chi connectivity index (χ3v) is 4.44. The fraction of sp³-hybridized carbons (Fsp3) is 0.941. The Balaban J connectivity index is 2.30. The summed E-state index contributed by atoms with van der Waals surface area (Å²) in [6, 6.07) is 0.385. The summed E-state index contributed by atoms with van der Waals surface area (Å²) in [4.78, 5) is 7.91. The Kier molecular flexibility index (Phi) is 10.3. The van der Waals surface area contributed by atoms with Crippen molar-refractivity contribution in [3.05, 3.63) is 0 Å². The van der Waals surface area contributed by atoms with Crippen LogP contribution in [0.1, 0.15) is 20.3 Å². The predicted octanol–water partition coefficient (Wildman–Crippen LogP) is 1.39. The van der Waals surface area contributed by atoms with Gasteiger partial charge >= 0.3 is 6.18 Å². The topological polar surface area (TPSA) is 52.1 Å². The summed E-state index contributed by atoms with van der Waals surface area (Å²) in [7, 11) is 3.18. The first-order valence-electron chi connectivity index (χ1n) is 9.24. The lowest BCUT2D eigenvalue weighted by Gasteiger charge is -2.37. The van der Waals surface area contributed by atoms with Gasteiger partial charge in [0.2, 0.25) is 0 Å². The fourth-order valence-electron chi connectivity index (χ4n) is 3.06. The van der Waals surface area contributed by atoms with E-state index >= 15 is 0 Å². The van der Waals surface area contributed by atoms with Crippen LogP contribution in [0.5, 0.6) is 0 Å². The summed E-state index contributed by atoms with van der Waals surface area (Å²) in [5, 5.41) is 6.51. The van der Waals surface area contributed by atoms with E-state index in [-0.39, 0.29) is 0 Å². The molecule has 9 heteroatoms. The summed E-state index contributed by atoms with van der Waals surface area (Å²) in [5.41, 5.74) is 0. The van der Waals surface area contributed by atoms with E-state index in [1.165, 1.54) is 11.9 Å². The minimum Gasteiger partial charge on any atom is -0.379 e. The van der Waals surface area contributed by atoms with Crippen molar-refractivity contribution in [1.29, 1.82) is 0 Å². The summed E-state index contributed by atoms with van der Waals surface area (Å²) in [6.07, 6.45) is -3.53. The zero-order valence-electron chi connectivity index (χ0n) is 16.4. The monoisotopic (exact) mass is 381 g/mol. The predicted molar refractivity (Wildman–Crippen MR) is 98.6 cm³/mol. The molecule has 1 heterocycles. The number of nitrogens with zero attached hydrogens (tertiary/aromatic N) is 3. The second-order valence-electron chi connectivity index (χ2n) is 7.05. The number of ether oxygens (including phenoxy) is 1. The van der Waals surface area contributed by atoms with Gasteiger partial charge in [-0.15, -0.1) is 0 Å². The molecule has 1 rings (SSSR count). The number of hydrogen-bond donors (Lipinski definition) is 2. The molecule has 1 saturated heterocycles. The van der Waals surface area contributed by atoms with Crippen molar-refractivity contribution in [3.8, 4) is 0 Å². The number of guanidine groups is 1. The number of alkyl halides is 3. The van der Waals surface area contributed by atoms with Gasteiger partial charge in [-0.1, -0.05) is 13.8 Å². The molecule has 2 N–H and O–H groups in total. The van der Waals surface area contributed by atoms with Gasteiger partial charge < -0.3 is 15.4 Å². The van der Waals surface area contributed by atoms with Gasteiger partial charge in [0.25, 0.3) is 0 Å². The SMILES string of the molecule is CN=C(NCCCN(C)CC(F)(F)F)NCC(C(C)C)N1CCOCC1. The van der Waals surface area contributed by atoms with E-state index in [1.807, 2.05) is 0 Å². The van der Waals surface area contributed by atoms with Gasteiger partial charge in [-0.2, -0.15) is 13.2 Å². The highest BCUT2D eigenvalue weighted by atomic mass is 19.4. The lowest BCUT2D eigenvalue weighted by atomic mass is 10.0. The molecular weight excluding hydrogens is 347 g/mol. The first-order valence-corrected chi connectivity index (χ1v) is 9.24. The maximum atomic E-state index is 12.3. The molecule has 154 valence electrons. The minimum absolute atomic E-state index is 0.381. The molecular formula is C17H34F3N5O. The highest BCUT2D eigenvalue weighted by Gasteiger charge is 2.28. The largest absolute Gasteiger partial charge is 0.401 e. The first kappa shape index (κ1) is 23.0. The van der Waals surface area contributed by atoms with Crippen LogP contribution in [0.2, 0.25) is 0 Å². The van der Waals surface area contributed by atoms with Crippen molar-refractivity contribution in [2.75, 3.05) is 66.6 Å². The average Bonchev–Trinajstić information content (AvgIpc) is 2.56. The molecule has 0 radical (unpaired) electrons. The van der Waals surface area contributed by atoms with E-state index in [4.69, 9.17) is 4.74 Å². The Morgan fingerprint density at radius 1 is 1.23 bits per heavy atom. The lowest BCUT2D eigenvalue weighted by Crippen LogP contribution is -2.52. The number of nitrogens with one attached hydrogen (secondary N) is 2. The molecule has 1 unspecified atom stereocenters. The Morgan fingerprint density at radius 2 is 1.88 bits per heavy atom. The first-order chi connectivity index (χ1) is 12.2. The summed E-state index contributed by atoms with van der Waals surface area (Å²) in [5.74, 6) is 1.18. The standard InChI is InChI=1S/C17H34F3N5O/c1-14(2)15(25-8-10-26-11-9-25)12-23-16(21-3)22-6-5-7-24(4)13-17(18,19)20/h14-15H,5-13H2,1-4H3,(H2,21,22,23). The van der Waals surface area contributed by atoms with Gasteiger partial charge in [0.05, 0.1) is 19.8 Å². The molecule has 0 aliphatic carbocycles. The van der Waals surface area contributed by atoms with E-state index < -0.39 is 12.7 Å². The van der Waals surface area contributed by atoms with Crippen LogP contribution in [0.15, 0.2) is 4.99 Å². The molecule has 0 aromatic carbocycles. The molecule has 26 heavy (non-hydrogen) atoms. The maximum Gasteiger partial charge on any atom is 0.401 e.